The Hall–Kier alpha value is -2.64. The molecule has 2 N–H and O–H groups in total. The van der Waals surface area contributed by atoms with E-state index in [9.17, 15) is 9.90 Å². The summed E-state index contributed by atoms with van der Waals surface area (Å²) in [6.07, 6.45) is 4.99. The van der Waals surface area contributed by atoms with E-state index in [-0.39, 0.29) is 5.75 Å². The molecule has 0 aromatic carbocycles. The molecule has 1 saturated carbocycles. The van der Waals surface area contributed by atoms with Crippen molar-refractivity contribution in [2.24, 2.45) is 0 Å². The maximum Gasteiger partial charge on any atom is 0.407 e. The van der Waals surface area contributed by atoms with Crippen LogP contribution in [0.2, 0.25) is 0 Å². The van der Waals surface area contributed by atoms with E-state index in [1.54, 1.807) is 14.0 Å². The lowest BCUT2D eigenvalue weighted by Gasteiger charge is -2.28. The molecule has 134 valence electrons. The van der Waals surface area contributed by atoms with Gasteiger partial charge in [-0.15, -0.1) is 0 Å². The van der Waals surface area contributed by atoms with Crippen LogP contribution >= 0.6 is 0 Å². The Morgan fingerprint density at radius 2 is 2.08 bits per heavy atom. The van der Waals surface area contributed by atoms with Crippen LogP contribution in [-0.4, -0.2) is 39.0 Å². The number of amides is 1. The molecule has 0 aliphatic heterocycles. The first-order valence-corrected chi connectivity index (χ1v) is 8.33. The van der Waals surface area contributed by atoms with Crippen molar-refractivity contribution in [2.75, 3.05) is 7.05 Å². The van der Waals surface area contributed by atoms with Crippen LogP contribution in [0.25, 0.3) is 11.6 Å². The van der Waals surface area contributed by atoms with E-state index in [1.165, 1.54) is 6.20 Å². The molecule has 1 aliphatic carbocycles. The van der Waals surface area contributed by atoms with Crippen LogP contribution in [-0.2, 0) is 11.2 Å². The lowest BCUT2D eigenvalue weighted by Crippen LogP contribution is -2.38. The number of ether oxygens (including phenoxy) is 1. The molecule has 25 heavy (non-hydrogen) atoms. The van der Waals surface area contributed by atoms with E-state index >= 15 is 0 Å². The summed E-state index contributed by atoms with van der Waals surface area (Å²) < 4.78 is 11.2. The first-order chi connectivity index (χ1) is 11.9. The van der Waals surface area contributed by atoms with Crippen molar-refractivity contribution in [3.63, 3.8) is 0 Å². The number of aromatic hydroxyl groups is 1. The van der Waals surface area contributed by atoms with E-state index in [2.05, 4.69) is 20.4 Å². The second-order valence-corrected chi connectivity index (χ2v) is 6.45. The fourth-order valence-corrected chi connectivity index (χ4v) is 3.25. The molecule has 3 rings (SSSR count). The molecule has 8 heteroatoms. The Bertz CT molecular complexity index is 781. The molecule has 1 aliphatic rings. The number of carbonyl (C=O) groups is 1. The second-order valence-electron chi connectivity index (χ2n) is 6.45. The Labute approximate surface area is 145 Å². The van der Waals surface area contributed by atoms with Gasteiger partial charge < -0.3 is 19.7 Å². The third-order valence-corrected chi connectivity index (χ3v) is 4.67. The van der Waals surface area contributed by atoms with E-state index in [1.807, 2.05) is 6.92 Å². The number of hydrogen-bond acceptors (Lipinski definition) is 7. The number of aromatic nitrogens is 3. The summed E-state index contributed by atoms with van der Waals surface area (Å²) in [7, 11) is 1.55. The number of carbonyl (C=O) groups excluding carboxylic acids is 1. The Morgan fingerprint density at radius 1 is 1.36 bits per heavy atom. The van der Waals surface area contributed by atoms with Gasteiger partial charge in [0.15, 0.2) is 11.6 Å². The summed E-state index contributed by atoms with van der Waals surface area (Å²) in [6, 6.07) is 0. The van der Waals surface area contributed by atoms with Gasteiger partial charge in [0, 0.05) is 19.0 Å². The van der Waals surface area contributed by atoms with Gasteiger partial charge in [-0.2, -0.15) is 0 Å². The Kier molecular flexibility index (Phi) is 4.61. The highest BCUT2D eigenvalue weighted by Gasteiger charge is 2.40. The minimum Gasteiger partial charge on any atom is -0.504 e. The van der Waals surface area contributed by atoms with Crippen LogP contribution < -0.4 is 5.32 Å². The normalized spacial score (nSPS) is 16.0. The van der Waals surface area contributed by atoms with Crippen molar-refractivity contribution < 1.29 is 19.2 Å². The minimum absolute atomic E-state index is 0.0248. The minimum atomic E-state index is -0.572. The quantitative estimate of drug-likeness (QED) is 0.875. The third kappa shape index (κ3) is 3.42. The van der Waals surface area contributed by atoms with Crippen LogP contribution in [0.15, 0.2) is 10.7 Å². The SMILES string of the molecule is CNC(=O)OC1(Cc2c(C)noc2-c2ncc(O)c(C)n2)CCCC1. The molecule has 2 heterocycles. The lowest BCUT2D eigenvalue weighted by atomic mass is 9.91. The highest BCUT2D eigenvalue weighted by atomic mass is 16.6. The monoisotopic (exact) mass is 346 g/mol. The Balaban J connectivity index is 1.95. The number of aryl methyl sites for hydroxylation is 2. The standard InChI is InChI=1S/C17H22N4O4/c1-10-12(8-17(6-4-5-7-17)24-16(23)18-3)14(25-21-10)15-19-9-13(22)11(2)20-15/h9,22H,4-8H2,1-3H3,(H,18,23). The highest BCUT2D eigenvalue weighted by Crippen LogP contribution is 2.39. The maximum atomic E-state index is 11.8. The predicted molar refractivity (Wildman–Crippen MR) is 89.1 cm³/mol. The van der Waals surface area contributed by atoms with Gasteiger partial charge in [0.05, 0.1) is 17.6 Å². The molecule has 2 aromatic rings. The summed E-state index contributed by atoms with van der Waals surface area (Å²) in [5, 5.41) is 16.2. The molecular weight excluding hydrogens is 324 g/mol. The van der Waals surface area contributed by atoms with Gasteiger partial charge in [-0.3, -0.25) is 0 Å². The molecule has 8 nitrogen and oxygen atoms in total. The molecule has 0 unspecified atom stereocenters. The van der Waals surface area contributed by atoms with Gasteiger partial charge in [-0.05, 0) is 39.5 Å². The number of rotatable bonds is 4. The molecule has 1 amide bonds. The van der Waals surface area contributed by atoms with Crippen LogP contribution in [0.3, 0.4) is 0 Å². The number of hydrogen-bond donors (Lipinski definition) is 2. The van der Waals surface area contributed by atoms with Crippen LogP contribution in [0.4, 0.5) is 4.79 Å². The summed E-state index contributed by atoms with van der Waals surface area (Å²) >= 11 is 0. The van der Waals surface area contributed by atoms with Crippen molar-refractivity contribution in [3.05, 3.63) is 23.1 Å². The molecule has 0 radical (unpaired) electrons. The van der Waals surface area contributed by atoms with E-state index in [4.69, 9.17) is 9.26 Å². The van der Waals surface area contributed by atoms with E-state index in [0.717, 1.165) is 36.9 Å². The van der Waals surface area contributed by atoms with Gasteiger partial charge in [-0.25, -0.2) is 14.8 Å². The fraction of sp³-hybridized carbons (Fsp3) is 0.529. The molecular formula is C17H22N4O4. The van der Waals surface area contributed by atoms with Crippen molar-refractivity contribution in [3.8, 4) is 17.3 Å². The van der Waals surface area contributed by atoms with E-state index in [0.29, 0.717) is 23.7 Å². The van der Waals surface area contributed by atoms with Crippen molar-refractivity contribution in [1.29, 1.82) is 0 Å². The van der Waals surface area contributed by atoms with Crippen molar-refractivity contribution in [1.82, 2.24) is 20.4 Å². The molecule has 0 saturated heterocycles. The zero-order chi connectivity index (χ0) is 18.0. The van der Waals surface area contributed by atoms with E-state index < -0.39 is 11.7 Å². The van der Waals surface area contributed by atoms with Crippen LogP contribution in [0.1, 0.15) is 42.6 Å². The van der Waals surface area contributed by atoms with Crippen LogP contribution in [0.5, 0.6) is 5.75 Å². The number of alkyl carbamates (subject to hydrolysis) is 1. The molecule has 0 atom stereocenters. The van der Waals surface area contributed by atoms with Gasteiger partial charge in [0.2, 0.25) is 5.76 Å². The first-order valence-electron chi connectivity index (χ1n) is 8.33. The summed E-state index contributed by atoms with van der Waals surface area (Å²) in [5.41, 5.74) is 1.44. The molecule has 2 aromatic heterocycles. The smallest absolute Gasteiger partial charge is 0.407 e. The van der Waals surface area contributed by atoms with Crippen LogP contribution in [0, 0.1) is 13.8 Å². The van der Waals surface area contributed by atoms with Gasteiger partial charge >= 0.3 is 6.09 Å². The fourth-order valence-electron chi connectivity index (χ4n) is 3.25. The average molecular weight is 346 g/mol. The summed E-state index contributed by atoms with van der Waals surface area (Å²) in [4.78, 5) is 20.2. The number of nitrogens with one attached hydrogen (secondary N) is 1. The highest BCUT2D eigenvalue weighted by molar-refractivity contribution is 5.67. The van der Waals surface area contributed by atoms with Gasteiger partial charge in [-0.1, -0.05) is 5.16 Å². The third-order valence-electron chi connectivity index (χ3n) is 4.67. The second kappa shape index (κ2) is 6.70. The lowest BCUT2D eigenvalue weighted by molar-refractivity contribution is 0.0172. The van der Waals surface area contributed by atoms with Gasteiger partial charge in [0.25, 0.3) is 0 Å². The predicted octanol–water partition coefficient (Wildman–Crippen LogP) is 2.67. The van der Waals surface area contributed by atoms with Crippen molar-refractivity contribution >= 4 is 6.09 Å². The topological polar surface area (TPSA) is 110 Å². The first kappa shape index (κ1) is 17.2. The Morgan fingerprint density at radius 3 is 2.72 bits per heavy atom. The van der Waals surface area contributed by atoms with Crippen molar-refractivity contribution in [2.45, 2.75) is 51.6 Å². The maximum absolute atomic E-state index is 11.8. The zero-order valence-corrected chi connectivity index (χ0v) is 14.6. The average Bonchev–Trinajstić information content (AvgIpc) is 3.18. The molecule has 0 bridgehead atoms. The summed E-state index contributed by atoms with van der Waals surface area (Å²) in [5.74, 6) is 0.836. The van der Waals surface area contributed by atoms with Gasteiger partial charge in [0.1, 0.15) is 5.60 Å². The zero-order valence-electron chi connectivity index (χ0n) is 14.6. The number of nitrogens with zero attached hydrogens (tertiary/aromatic N) is 3. The molecule has 0 spiro atoms. The largest absolute Gasteiger partial charge is 0.504 e. The molecule has 1 fully saturated rings. The summed E-state index contributed by atoms with van der Waals surface area (Å²) in [6.45, 7) is 3.54.